The Labute approximate surface area is 73.6 Å². The first kappa shape index (κ1) is 9.52. The monoisotopic (exact) mass is 171 g/mol. The molecule has 0 aromatic carbocycles. The van der Waals surface area contributed by atoms with Crippen molar-refractivity contribution in [1.29, 1.82) is 0 Å². The van der Waals surface area contributed by atoms with Crippen LogP contribution in [0.3, 0.4) is 0 Å². The van der Waals surface area contributed by atoms with E-state index in [1.165, 1.54) is 17.9 Å². The first-order chi connectivity index (χ1) is 5.84. The summed E-state index contributed by atoms with van der Waals surface area (Å²) in [4.78, 5) is 16.3. The van der Waals surface area contributed by atoms with Crippen LogP contribution < -0.4 is 0 Å². The van der Waals surface area contributed by atoms with E-state index < -0.39 is 0 Å². The largest absolute Gasteiger partial charge is 0.273 e. The van der Waals surface area contributed by atoms with Crippen molar-refractivity contribution in [3.63, 3.8) is 0 Å². The Morgan fingerprint density at radius 1 is 1.50 bits per heavy atom. The fourth-order valence-electron chi connectivity index (χ4n) is 1.29. The Morgan fingerprint density at radius 3 is 2.92 bits per heavy atom. The van der Waals surface area contributed by atoms with Crippen molar-refractivity contribution in [3.05, 3.63) is 0 Å². The Morgan fingerprint density at radius 2 is 2.33 bits per heavy atom. The number of carbonyl (C=O) groups is 1. The number of nitrogens with zero attached hydrogens (tertiary/aromatic N) is 1. The molecule has 0 aromatic rings. The highest BCUT2D eigenvalue weighted by molar-refractivity contribution is 5.76. The molecule has 0 bridgehead atoms. The smallest absolute Gasteiger partial charge is 0.246 e. The fourth-order valence-corrected chi connectivity index (χ4v) is 1.29. The average Bonchev–Trinajstić information content (AvgIpc) is 2.46. The summed E-state index contributed by atoms with van der Waals surface area (Å²) in [5, 5.41) is 1.51. The summed E-state index contributed by atoms with van der Waals surface area (Å²) < 4.78 is 0. The predicted octanol–water partition coefficient (Wildman–Crippen LogP) is 1.73. The van der Waals surface area contributed by atoms with Crippen LogP contribution in [0.5, 0.6) is 0 Å². The third-order valence-corrected chi connectivity index (χ3v) is 2.03. The predicted molar refractivity (Wildman–Crippen MR) is 46.4 cm³/mol. The number of hydrogen-bond donors (Lipinski definition) is 0. The molecular weight excluding hydrogens is 154 g/mol. The highest BCUT2D eigenvalue weighted by Crippen LogP contribution is 2.10. The molecule has 0 spiro atoms. The van der Waals surface area contributed by atoms with Gasteiger partial charge in [0.25, 0.3) is 0 Å². The van der Waals surface area contributed by atoms with Gasteiger partial charge in [-0.3, -0.25) is 9.63 Å². The van der Waals surface area contributed by atoms with Crippen molar-refractivity contribution in [1.82, 2.24) is 5.06 Å². The zero-order valence-corrected chi connectivity index (χ0v) is 7.71. The van der Waals surface area contributed by atoms with Gasteiger partial charge >= 0.3 is 0 Å². The number of unbranched alkanes of at least 4 members (excludes halogenated alkanes) is 2. The van der Waals surface area contributed by atoms with E-state index in [2.05, 4.69) is 6.92 Å². The molecule has 0 aromatic heterocycles. The molecule has 0 saturated carbocycles. The second kappa shape index (κ2) is 5.14. The molecule has 70 valence electrons. The fraction of sp³-hybridized carbons (Fsp3) is 0.889. The topological polar surface area (TPSA) is 29.5 Å². The van der Waals surface area contributed by atoms with Crippen LogP contribution in [0.1, 0.15) is 39.0 Å². The summed E-state index contributed by atoms with van der Waals surface area (Å²) >= 11 is 0. The highest BCUT2D eigenvalue weighted by atomic mass is 16.7. The molecule has 1 saturated heterocycles. The second-order valence-corrected chi connectivity index (χ2v) is 3.14. The Kier molecular flexibility index (Phi) is 4.08. The maximum atomic E-state index is 11.0. The van der Waals surface area contributed by atoms with Gasteiger partial charge in [0.1, 0.15) is 0 Å². The molecule has 12 heavy (non-hydrogen) atoms. The minimum Gasteiger partial charge on any atom is -0.273 e. The average molecular weight is 171 g/mol. The SMILES string of the molecule is CCCCCON1CCCC1=O. The highest BCUT2D eigenvalue weighted by Gasteiger charge is 2.20. The van der Waals surface area contributed by atoms with Crippen LogP contribution in [0.2, 0.25) is 0 Å². The molecule has 1 amide bonds. The van der Waals surface area contributed by atoms with Crippen LogP contribution in [0.25, 0.3) is 0 Å². The van der Waals surface area contributed by atoms with Gasteiger partial charge in [0.15, 0.2) is 0 Å². The van der Waals surface area contributed by atoms with Crippen molar-refractivity contribution >= 4 is 5.91 Å². The summed E-state index contributed by atoms with van der Waals surface area (Å²) in [5.74, 6) is 0.145. The molecule has 0 atom stereocenters. The molecule has 1 heterocycles. The van der Waals surface area contributed by atoms with Gasteiger partial charge in [0.05, 0.1) is 6.61 Å². The lowest BCUT2D eigenvalue weighted by Crippen LogP contribution is -2.25. The minimum absolute atomic E-state index is 0.145. The van der Waals surface area contributed by atoms with Crippen LogP contribution in [-0.4, -0.2) is 24.1 Å². The number of amides is 1. The first-order valence-electron chi connectivity index (χ1n) is 4.78. The number of carbonyl (C=O) groups excluding carboxylic acids is 1. The maximum Gasteiger partial charge on any atom is 0.246 e. The molecule has 0 unspecified atom stereocenters. The van der Waals surface area contributed by atoms with Gasteiger partial charge in [0.2, 0.25) is 5.91 Å². The van der Waals surface area contributed by atoms with E-state index in [9.17, 15) is 4.79 Å². The van der Waals surface area contributed by atoms with Gasteiger partial charge in [0, 0.05) is 13.0 Å². The quantitative estimate of drug-likeness (QED) is 0.589. The van der Waals surface area contributed by atoms with Crippen molar-refractivity contribution in [2.24, 2.45) is 0 Å². The molecule has 3 heteroatoms. The summed E-state index contributed by atoms with van der Waals surface area (Å²) in [6.07, 6.45) is 5.04. The summed E-state index contributed by atoms with van der Waals surface area (Å²) in [7, 11) is 0. The van der Waals surface area contributed by atoms with Crippen LogP contribution >= 0.6 is 0 Å². The van der Waals surface area contributed by atoms with Crippen LogP contribution in [0, 0.1) is 0 Å². The van der Waals surface area contributed by atoms with Gasteiger partial charge in [-0.1, -0.05) is 19.8 Å². The third kappa shape index (κ3) is 2.81. The molecule has 0 radical (unpaired) electrons. The molecule has 0 N–H and O–H groups in total. The van der Waals surface area contributed by atoms with Crippen molar-refractivity contribution < 1.29 is 9.63 Å². The van der Waals surface area contributed by atoms with E-state index in [1.54, 1.807) is 0 Å². The third-order valence-electron chi connectivity index (χ3n) is 2.03. The van der Waals surface area contributed by atoms with Crippen LogP contribution in [0.15, 0.2) is 0 Å². The van der Waals surface area contributed by atoms with E-state index >= 15 is 0 Å². The zero-order valence-electron chi connectivity index (χ0n) is 7.71. The molecular formula is C9H17NO2. The molecule has 3 nitrogen and oxygen atoms in total. The van der Waals surface area contributed by atoms with Crippen molar-refractivity contribution in [2.75, 3.05) is 13.2 Å². The van der Waals surface area contributed by atoms with E-state index in [4.69, 9.17) is 4.84 Å². The number of hydroxylamine groups is 2. The van der Waals surface area contributed by atoms with Crippen LogP contribution in [0.4, 0.5) is 0 Å². The lowest BCUT2D eigenvalue weighted by Gasteiger charge is -2.14. The number of rotatable bonds is 5. The van der Waals surface area contributed by atoms with Gasteiger partial charge < -0.3 is 0 Å². The summed E-state index contributed by atoms with van der Waals surface area (Å²) in [6.45, 7) is 3.63. The molecule has 1 aliphatic heterocycles. The minimum atomic E-state index is 0.145. The van der Waals surface area contributed by atoms with E-state index in [0.717, 1.165) is 19.4 Å². The van der Waals surface area contributed by atoms with Crippen LogP contribution in [-0.2, 0) is 9.63 Å². The zero-order chi connectivity index (χ0) is 8.81. The normalized spacial score (nSPS) is 17.4. The Hall–Kier alpha value is -0.570. The van der Waals surface area contributed by atoms with Crippen molar-refractivity contribution in [3.8, 4) is 0 Å². The van der Waals surface area contributed by atoms with E-state index in [0.29, 0.717) is 13.0 Å². The summed E-state index contributed by atoms with van der Waals surface area (Å²) in [6, 6.07) is 0. The van der Waals surface area contributed by atoms with Gasteiger partial charge in [-0.15, -0.1) is 0 Å². The molecule has 1 rings (SSSR count). The Balaban J connectivity index is 2.02. The lowest BCUT2D eigenvalue weighted by molar-refractivity contribution is -0.177. The molecule has 1 fully saturated rings. The number of hydrogen-bond acceptors (Lipinski definition) is 2. The lowest BCUT2D eigenvalue weighted by atomic mass is 10.3. The van der Waals surface area contributed by atoms with Gasteiger partial charge in [-0.2, -0.15) is 0 Å². The Bertz CT molecular complexity index is 147. The summed E-state index contributed by atoms with van der Waals surface area (Å²) in [5.41, 5.74) is 0. The van der Waals surface area contributed by atoms with Gasteiger partial charge in [-0.05, 0) is 12.8 Å². The van der Waals surface area contributed by atoms with Gasteiger partial charge in [-0.25, -0.2) is 5.06 Å². The second-order valence-electron chi connectivity index (χ2n) is 3.14. The van der Waals surface area contributed by atoms with E-state index in [1.807, 2.05) is 0 Å². The standard InChI is InChI=1S/C9H17NO2/c1-2-3-4-8-12-10-7-5-6-9(10)11/h2-8H2,1H3. The maximum absolute atomic E-state index is 11.0. The molecule has 1 aliphatic rings. The van der Waals surface area contributed by atoms with E-state index in [-0.39, 0.29) is 5.91 Å². The first-order valence-corrected chi connectivity index (χ1v) is 4.78. The molecule has 0 aliphatic carbocycles. The van der Waals surface area contributed by atoms with Crippen molar-refractivity contribution in [2.45, 2.75) is 39.0 Å².